The Kier molecular flexibility index (Phi) is 4.81. The topological polar surface area (TPSA) is 111 Å². The average molecular weight is 313 g/mol. The molecule has 1 aliphatic rings. The first-order valence-electron chi connectivity index (χ1n) is 6.64. The summed E-state index contributed by atoms with van der Waals surface area (Å²) in [5, 5.41) is 11.0. The van der Waals surface area contributed by atoms with Gasteiger partial charge in [-0.25, -0.2) is 13.6 Å². The molecule has 1 atom stereocenters. The van der Waals surface area contributed by atoms with Crippen LogP contribution in [0.25, 0.3) is 0 Å². The van der Waals surface area contributed by atoms with E-state index >= 15 is 0 Å². The Morgan fingerprint density at radius 1 is 1.48 bits per heavy atom. The molecule has 0 saturated carbocycles. The van der Waals surface area contributed by atoms with Crippen LogP contribution in [0.2, 0.25) is 0 Å². The van der Waals surface area contributed by atoms with Crippen LogP contribution in [0.5, 0.6) is 5.75 Å². The number of benzene rings is 1. The van der Waals surface area contributed by atoms with Gasteiger partial charge in [-0.05, 0) is 37.6 Å². The van der Waals surface area contributed by atoms with E-state index in [0.717, 1.165) is 19.4 Å². The average Bonchev–Trinajstić information content (AvgIpc) is 2.47. The normalized spacial score (nSPS) is 19.0. The molecule has 1 saturated heterocycles. The molecule has 1 aliphatic heterocycles. The number of piperidine rings is 1. The second-order valence-electron chi connectivity index (χ2n) is 4.94. The fourth-order valence-corrected chi connectivity index (χ4v) is 2.81. The monoisotopic (exact) mass is 313 g/mol. The van der Waals surface area contributed by atoms with Gasteiger partial charge in [0, 0.05) is 6.54 Å². The summed E-state index contributed by atoms with van der Waals surface area (Å²) in [4.78, 5) is 12.1. The predicted molar refractivity (Wildman–Crippen MR) is 78.6 cm³/mol. The molecule has 0 aliphatic carbocycles. The number of anilines is 1. The second-order valence-corrected chi connectivity index (χ2v) is 6.50. The first-order chi connectivity index (χ1) is 9.91. The number of methoxy groups -OCH3 is 1. The summed E-state index contributed by atoms with van der Waals surface area (Å²) < 4.78 is 27.9. The largest absolute Gasteiger partial charge is 0.495 e. The van der Waals surface area contributed by atoms with E-state index < -0.39 is 10.0 Å². The van der Waals surface area contributed by atoms with E-state index in [2.05, 4.69) is 10.6 Å². The number of amides is 1. The lowest BCUT2D eigenvalue weighted by Crippen LogP contribution is -2.37. The maximum atomic E-state index is 12.2. The van der Waals surface area contributed by atoms with E-state index in [9.17, 15) is 13.2 Å². The highest BCUT2D eigenvalue weighted by molar-refractivity contribution is 7.89. The molecule has 8 heteroatoms. The quantitative estimate of drug-likeness (QED) is 0.739. The molecule has 1 fully saturated rings. The van der Waals surface area contributed by atoms with Crippen LogP contribution in [-0.4, -0.2) is 34.5 Å². The zero-order valence-electron chi connectivity index (χ0n) is 11.8. The van der Waals surface area contributed by atoms with E-state index in [1.54, 1.807) is 0 Å². The maximum absolute atomic E-state index is 12.2. The van der Waals surface area contributed by atoms with Gasteiger partial charge >= 0.3 is 0 Å². The van der Waals surface area contributed by atoms with Crippen molar-refractivity contribution < 1.29 is 17.9 Å². The summed E-state index contributed by atoms with van der Waals surface area (Å²) in [5.41, 5.74) is 0.305. The first kappa shape index (κ1) is 15.7. The summed E-state index contributed by atoms with van der Waals surface area (Å²) in [6.45, 7) is 1.52. The Morgan fingerprint density at radius 2 is 2.24 bits per heavy atom. The van der Waals surface area contributed by atoms with Crippen molar-refractivity contribution in [1.29, 1.82) is 0 Å². The van der Waals surface area contributed by atoms with Gasteiger partial charge in [-0.2, -0.15) is 0 Å². The Bertz CT molecular complexity index is 624. The minimum Gasteiger partial charge on any atom is -0.495 e. The Hall–Kier alpha value is -1.64. The van der Waals surface area contributed by atoms with Crippen molar-refractivity contribution in [2.75, 3.05) is 25.5 Å². The third-order valence-corrected chi connectivity index (χ3v) is 4.34. The highest BCUT2D eigenvalue weighted by Gasteiger charge is 2.22. The van der Waals surface area contributed by atoms with E-state index in [1.807, 2.05) is 0 Å². The number of nitrogens with one attached hydrogen (secondary N) is 2. The SMILES string of the molecule is COc1ccc(S(N)(=O)=O)cc1NC(=O)C1CCCNC1. The lowest BCUT2D eigenvalue weighted by Gasteiger charge is -2.22. The molecule has 1 amide bonds. The zero-order valence-corrected chi connectivity index (χ0v) is 12.6. The van der Waals surface area contributed by atoms with E-state index in [1.165, 1.54) is 25.3 Å². The van der Waals surface area contributed by atoms with Gasteiger partial charge in [0.2, 0.25) is 15.9 Å². The molecule has 2 rings (SSSR count). The third kappa shape index (κ3) is 3.93. The summed E-state index contributed by atoms with van der Waals surface area (Å²) >= 11 is 0. The van der Waals surface area contributed by atoms with Crippen molar-refractivity contribution in [3.05, 3.63) is 18.2 Å². The fraction of sp³-hybridized carbons (Fsp3) is 0.462. The maximum Gasteiger partial charge on any atom is 0.238 e. The van der Waals surface area contributed by atoms with Crippen LogP contribution in [0.15, 0.2) is 23.1 Å². The number of sulfonamides is 1. The number of primary sulfonamides is 1. The fourth-order valence-electron chi connectivity index (χ4n) is 2.27. The van der Waals surface area contributed by atoms with Crippen LogP contribution in [0.4, 0.5) is 5.69 Å². The second kappa shape index (κ2) is 6.42. The number of carbonyl (C=O) groups excluding carboxylic acids is 1. The van der Waals surface area contributed by atoms with E-state index in [4.69, 9.17) is 9.88 Å². The number of nitrogens with two attached hydrogens (primary N) is 1. The molecule has 4 N–H and O–H groups in total. The van der Waals surface area contributed by atoms with Crippen LogP contribution in [-0.2, 0) is 14.8 Å². The molecule has 1 unspecified atom stereocenters. The standard InChI is InChI=1S/C13H19N3O4S/c1-20-12-5-4-10(21(14,18)19)7-11(12)16-13(17)9-3-2-6-15-8-9/h4-5,7,9,15H,2-3,6,8H2,1H3,(H,16,17)(H2,14,18,19). The highest BCUT2D eigenvalue weighted by Crippen LogP contribution is 2.28. The number of carbonyl (C=O) groups is 1. The first-order valence-corrected chi connectivity index (χ1v) is 8.19. The lowest BCUT2D eigenvalue weighted by molar-refractivity contribution is -0.120. The van der Waals surface area contributed by atoms with Gasteiger partial charge in [0.05, 0.1) is 23.6 Å². The van der Waals surface area contributed by atoms with Gasteiger partial charge in [0.15, 0.2) is 0 Å². The molecule has 0 bridgehead atoms. The van der Waals surface area contributed by atoms with Crippen LogP contribution < -0.4 is 20.5 Å². The molecule has 1 heterocycles. The van der Waals surface area contributed by atoms with Crippen molar-refractivity contribution >= 4 is 21.6 Å². The van der Waals surface area contributed by atoms with Crippen LogP contribution in [0.1, 0.15) is 12.8 Å². The molecule has 0 radical (unpaired) electrons. The molecule has 1 aromatic rings. The van der Waals surface area contributed by atoms with Gasteiger partial charge < -0.3 is 15.4 Å². The van der Waals surface area contributed by atoms with Gasteiger partial charge in [-0.15, -0.1) is 0 Å². The molecule has 1 aromatic carbocycles. The molecule has 21 heavy (non-hydrogen) atoms. The van der Waals surface area contributed by atoms with Gasteiger partial charge in [0.1, 0.15) is 5.75 Å². The van der Waals surface area contributed by atoms with Crippen LogP contribution in [0.3, 0.4) is 0 Å². The lowest BCUT2D eigenvalue weighted by atomic mass is 9.99. The molecule has 116 valence electrons. The number of ether oxygens (including phenoxy) is 1. The van der Waals surface area contributed by atoms with E-state index in [0.29, 0.717) is 18.0 Å². The van der Waals surface area contributed by atoms with Crippen LogP contribution >= 0.6 is 0 Å². The number of hydrogen-bond donors (Lipinski definition) is 3. The smallest absolute Gasteiger partial charge is 0.238 e. The van der Waals surface area contributed by atoms with Crippen molar-refractivity contribution in [2.24, 2.45) is 11.1 Å². The molecule has 0 aromatic heterocycles. The molecule has 7 nitrogen and oxygen atoms in total. The Morgan fingerprint density at radius 3 is 2.81 bits per heavy atom. The minimum atomic E-state index is -3.83. The third-order valence-electron chi connectivity index (χ3n) is 3.43. The summed E-state index contributed by atoms with van der Waals surface area (Å²) in [7, 11) is -2.38. The van der Waals surface area contributed by atoms with Gasteiger partial charge in [0.25, 0.3) is 0 Å². The summed E-state index contributed by atoms with van der Waals surface area (Å²) in [5.74, 6) is 0.0909. The molecule has 0 spiro atoms. The van der Waals surface area contributed by atoms with E-state index in [-0.39, 0.29) is 16.7 Å². The highest BCUT2D eigenvalue weighted by atomic mass is 32.2. The van der Waals surface area contributed by atoms with Crippen molar-refractivity contribution in [2.45, 2.75) is 17.7 Å². The van der Waals surface area contributed by atoms with Gasteiger partial charge in [-0.1, -0.05) is 0 Å². The van der Waals surface area contributed by atoms with Crippen LogP contribution in [0, 0.1) is 5.92 Å². The zero-order chi connectivity index (χ0) is 15.5. The van der Waals surface area contributed by atoms with Crippen molar-refractivity contribution in [3.63, 3.8) is 0 Å². The number of hydrogen-bond acceptors (Lipinski definition) is 5. The molecular weight excluding hydrogens is 294 g/mol. The van der Waals surface area contributed by atoms with Crippen molar-refractivity contribution in [3.8, 4) is 5.75 Å². The van der Waals surface area contributed by atoms with Gasteiger partial charge in [-0.3, -0.25) is 4.79 Å². The summed E-state index contributed by atoms with van der Waals surface area (Å²) in [6, 6.07) is 4.11. The Labute approximate surface area is 123 Å². The van der Waals surface area contributed by atoms with Crippen molar-refractivity contribution in [1.82, 2.24) is 5.32 Å². The predicted octanol–water partition coefficient (Wildman–Crippen LogP) is 0.281. The number of rotatable bonds is 4. The Balaban J connectivity index is 2.22. The summed E-state index contributed by atoms with van der Waals surface area (Å²) in [6.07, 6.45) is 1.74. The molecular formula is C13H19N3O4S. The minimum absolute atomic E-state index is 0.0691.